The molecule has 6 rings (SSSR count). The maximum atomic E-state index is 13.4. The molecule has 9 heteroatoms. The van der Waals surface area contributed by atoms with E-state index in [1.165, 1.54) is 9.47 Å². The molecule has 0 aliphatic carbocycles. The van der Waals surface area contributed by atoms with Crippen molar-refractivity contribution in [2.45, 2.75) is 30.8 Å². The number of benzene rings is 2. The van der Waals surface area contributed by atoms with Crippen LogP contribution in [0.15, 0.2) is 65.6 Å². The third-order valence-corrected chi connectivity index (χ3v) is 6.55. The number of carbonyl (C=O) groups excluding carboxylic acids is 2. The Balaban J connectivity index is 1.52. The topological polar surface area (TPSA) is 117 Å². The van der Waals surface area contributed by atoms with Crippen LogP contribution in [-0.4, -0.2) is 32.6 Å². The number of aliphatic hydroxyl groups is 1. The first-order valence-corrected chi connectivity index (χ1v) is 10.3. The van der Waals surface area contributed by atoms with Gasteiger partial charge >= 0.3 is 0 Å². The van der Waals surface area contributed by atoms with Crippen LogP contribution in [0.5, 0.6) is 0 Å². The fourth-order valence-corrected chi connectivity index (χ4v) is 5.07. The van der Waals surface area contributed by atoms with E-state index in [1.807, 2.05) is 0 Å². The predicted octanol–water partition coefficient (Wildman–Crippen LogP) is 0.635. The highest BCUT2D eigenvalue weighted by Gasteiger charge is 2.57. The Morgan fingerprint density at radius 3 is 2.72 bits per heavy atom. The molecule has 3 N–H and O–H groups in total. The lowest BCUT2D eigenvalue weighted by molar-refractivity contribution is -0.128. The number of hydrogen-bond donors (Lipinski definition) is 3. The van der Waals surface area contributed by atoms with Gasteiger partial charge < -0.3 is 15.7 Å². The molecule has 0 saturated carbocycles. The highest BCUT2D eigenvalue weighted by Crippen LogP contribution is 2.49. The Labute approximate surface area is 182 Å². The molecule has 4 heterocycles. The SMILES string of the molecule is C=C1NC2N(C1=O)c1ccccc1C2(O)CC1C(=O)NCc2nc3ccccc3c(=O)n21. The molecule has 0 bridgehead atoms. The molecule has 3 aromatic rings. The Morgan fingerprint density at radius 1 is 1.12 bits per heavy atom. The van der Waals surface area contributed by atoms with Crippen LogP contribution >= 0.6 is 0 Å². The average molecular weight is 429 g/mol. The van der Waals surface area contributed by atoms with Gasteiger partial charge in [-0.1, -0.05) is 36.9 Å². The lowest BCUT2D eigenvalue weighted by Crippen LogP contribution is -2.53. The van der Waals surface area contributed by atoms with Crippen molar-refractivity contribution in [1.29, 1.82) is 0 Å². The van der Waals surface area contributed by atoms with Crippen LogP contribution in [0, 0.1) is 0 Å². The monoisotopic (exact) mass is 429 g/mol. The number of carbonyl (C=O) groups is 2. The van der Waals surface area contributed by atoms with Gasteiger partial charge in [0.2, 0.25) is 5.91 Å². The third kappa shape index (κ3) is 2.31. The molecule has 0 spiro atoms. The van der Waals surface area contributed by atoms with Crippen LogP contribution in [0.4, 0.5) is 5.69 Å². The molecule has 2 amide bonds. The van der Waals surface area contributed by atoms with E-state index in [1.54, 1.807) is 48.5 Å². The van der Waals surface area contributed by atoms with Crippen molar-refractivity contribution in [2.24, 2.45) is 0 Å². The van der Waals surface area contributed by atoms with Crippen molar-refractivity contribution in [3.63, 3.8) is 0 Å². The number of amides is 2. The summed E-state index contributed by atoms with van der Waals surface area (Å²) >= 11 is 0. The van der Waals surface area contributed by atoms with Crippen molar-refractivity contribution in [3.05, 3.63) is 82.5 Å². The molecule has 3 aliphatic heterocycles. The van der Waals surface area contributed by atoms with E-state index in [-0.39, 0.29) is 36.0 Å². The van der Waals surface area contributed by atoms with E-state index in [0.717, 1.165) is 0 Å². The minimum atomic E-state index is -1.63. The smallest absolute Gasteiger partial charge is 0.275 e. The normalized spacial score (nSPS) is 25.9. The minimum Gasteiger partial charge on any atom is -0.381 e. The molecule has 160 valence electrons. The lowest BCUT2D eigenvalue weighted by atomic mass is 9.85. The second-order valence-electron chi connectivity index (χ2n) is 8.30. The zero-order valence-electron chi connectivity index (χ0n) is 16.9. The number of aromatic nitrogens is 2. The van der Waals surface area contributed by atoms with Crippen molar-refractivity contribution in [1.82, 2.24) is 20.2 Å². The molecule has 3 aliphatic rings. The number of nitrogens with one attached hydrogen (secondary N) is 2. The second-order valence-corrected chi connectivity index (χ2v) is 8.30. The summed E-state index contributed by atoms with van der Waals surface area (Å²) in [5.41, 5.74) is -0.183. The molecule has 1 saturated heterocycles. The maximum Gasteiger partial charge on any atom is 0.275 e. The second kappa shape index (κ2) is 6.27. The molecule has 1 fully saturated rings. The molecule has 3 unspecified atom stereocenters. The van der Waals surface area contributed by atoms with Crippen LogP contribution in [-0.2, 0) is 21.7 Å². The Bertz CT molecular complexity index is 1410. The highest BCUT2D eigenvalue weighted by molar-refractivity contribution is 6.09. The van der Waals surface area contributed by atoms with E-state index >= 15 is 0 Å². The van der Waals surface area contributed by atoms with Crippen molar-refractivity contribution < 1.29 is 14.7 Å². The first-order chi connectivity index (χ1) is 15.4. The minimum absolute atomic E-state index is 0.119. The average Bonchev–Trinajstić information content (AvgIpc) is 3.22. The molecule has 9 nitrogen and oxygen atoms in total. The number of para-hydroxylation sites is 2. The van der Waals surface area contributed by atoms with Crippen LogP contribution in [0.25, 0.3) is 10.9 Å². The summed E-state index contributed by atoms with van der Waals surface area (Å²) in [4.78, 5) is 45.1. The molecule has 1 aromatic heterocycles. The van der Waals surface area contributed by atoms with E-state index in [2.05, 4.69) is 22.2 Å². The van der Waals surface area contributed by atoms with Gasteiger partial charge in [0.05, 0.1) is 28.8 Å². The fourth-order valence-electron chi connectivity index (χ4n) is 5.07. The van der Waals surface area contributed by atoms with E-state index in [4.69, 9.17) is 0 Å². The lowest BCUT2D eigenvalue weighted by Gasteiger charge is -2.36. The maximum absolute atomic E-state index is 13.4. The number of nitrogens with zero attached hydrogens (tertiary/aromatic N) is 3. The number of anilines is 1. The highest BCUT2D eigenvalue weighted by atomic mass is 16.3. The number of fused-ring (bicyclic) bond motifs is 5. The third-order valence-electron chi connectivity index (χ3n) is 6.55. The van der Waals surface area contributed by atoms with Crippen molar-refractivity contribution in [2.75, 3.05) is 4.90 Å². The van der Waals surface area contributed by atoms with E-state index in [9.17, 15) is 19.5 Å². The predicted molar refractivity (Wildman–Crippen MR) is 115 cm³/mol. The molecule has 0 radical (unpaired) electrons. The summed E-state index contributed by atoms with van der Waals surface area (Å²) in [6.45, 7) is 3.86. The van der Waals surface area contributed by atoms with Gasteiger partial charge in [0.15, 0.2) is 0 Å². The summed E-state index contributed by atoms with van der Waals surface area (Å²) in [6, 6.07) is 13.0. The summed E-state index contributed by atoms with van der Waals surface area (Å²) < 4.78 is 1.37. The Hall–Kier alpha value is -3.98. The standard InChI is InChI=1S/C23H19N5O4/c1-12-20(30)28-16-9-5-3-7-14(16)23(32,22(28)25-12)10-17-19(29)24-11-18-26-15-8-4-2-6-13(15)21(31)27(17)18/h2-9,17,22,25,32H,1,10-11H2,(H,24,29). The summed E-state index contributed by atoms with van der Waals surface area (Å²) in [5, 5.41) is 18.1. The molecular formula is C23H19N5O4. The zero-order chi connectivity index (χ0) is 22.2. The van der Waals surface area contributed by atoms with Gasteiger partial charge in [-0.15, -0.1) is 0 Å². The largest absolute Gasteiger partial charge is 0.381 e. The Kier molecular flexibility index (Phi) is 3.68. The fraction of sp³-hybridized carbons (Fsp3) is 0.217. The first-order valence-electron chi connectivity index (χ1n) is 10.3. The quantitative estimate of drug-likeness (QED) is 0.515. The summed E-state index contributed by atoms with van der Waals surface area (Å²) in [5.74, 6) is -0.300. The molecule has 32 heavy (non-hydrogen) atoms. The zero-order valence-corrected chi connectivity index (χ0v) is 16.9. The summed E-state index contributed by atoms with van der Waals surface area (Å²) in [7, 11) is 0. The van der Waals surface area contributed by atoms with E-state index < -0.39 is 17.8 Å². The number of rotatable bonds is 2. The van der Waals surface area contributed by atoms with Gasteiger partial charge in [0, 0.05) is 12.0 Å². The molecule has 2 aromatic carbocycles. The van der Waals surface area contributed by atoms with Gasteiger partial charge in [-0.3, -0.25) is 23.9 Å². The van der Waals surface area contributed by atoms with E-state index in [0.29, 0.717) is 28.0 Å². The molecule has 3 atom stereocenters. The van der Waals surface area contributed by atoms with Gasteiger partial charge in [0.1, 0.15) is 23.6 Å². The van der Waals surface area contributed by atoms with Gasteiger partial charge in [-0.05, 0) is 18.2 Å². The summed E-state index contributed by atoms with van der Waals surface area (Å²) in [6.07, 6.45) is -0.959. The van der Waals surface area contributed by atoms with Crippen LogP contribution < -0.4 is 21.1 Å². The number of hydrogen-bond acceptors (Lipinski definition) is 6. The first kappa shape index (κ1) is 18.8. The van der Waals surface area contributed by atoms with Gasteiger partial charge in [0.25, 0.3) is 11.5 Å². The van der Waals surface area contributed by atoms with Crippen LogP contribution in [0.3, 0.4) is 0 Å². The van der Waals surface area contributed by atoms with Gasteiger partial charge in [-0.2, -0.15) is 0 Å². The van der Waals surface area contributed by atoms with Crippen molar-refractivity contribution in [3.8, 4) is 0 Å². The molecular weight excluding hydrogens is 410 g/mol. The van der Waals surface area contributed by atoms with Crippen LogP contribution in [0.1, 0.15) is 23.9 Å². The van der Waals surface area contributed by atoms with Crippen molar-refractivity contribution >= 4 is 28.4 Å². The van der Waals surface area contributed by atoms with Gasteiger partial charge in [-0.25, -0.2) is 4.98 Å². The van der Waals surface area contributed by atoms with Crippen LogP contribution in [0.2, 0.25) is 0 Å². The Morgan fingerprint density at radius 2 is 1.88 bits per heavy atom.